The molecule has 2 heterocycles. The predicted octanol–water partition coefficient (Wildman–Crippen LogP) is 14.6. The number of amides is 1. The molecule has 2 rings (SSSR count). The van der Waals surface area contributed by atoms with Crippen LogP contribution in [0.5, 0.6) is 0 Å². The van der Waals surface area contributed by atoms with Crippen LogP contribution < -0.4 is 5.32 Å². The molecule has 0 saturated carbocycles. The summed E-state index contributed by atoms with van der Waals surface area (Å²) >= 11 is 0. The summed E-state index contributed by atoms with van der Waals surface area (Å²) < 4.78 is 22.8. The number of aliphatic hydroxyl groups is 8. The minimum absolute atomic E-state index is 0.251. The van der Waals surface area contributed by atoms with Crippen LogP contribution >= 0.6 is 0 Å². The lowest BCUT2D eigenvalue weighted by molar-refractivity contribution is -0.359. The SMILES string of the molecule is CC/C=C\C/C=C\C/C=C\C/C=C\C/C=C\C/C=C\CCCCCCCCCCCCCCCCC(=O)NC(COC1OC(CO)C(OC2OC(CO)C(O)C(O)C2O)C(O)C1O)C(O)/C=C/CC/C=C/CCCCCCCCCCCCCCCCC. The fourth-order valence-electron chi connectivity index (χ4n) is 11.1. The van der Waals surface area contributed by atoms with Crippen LogP contribution in [0.2, 0.25) is 0 Å². The van der Waals surface area contributed by atoms with Crippen molar-refractivity contribution in [3.05, 3.63) is 97.2 Å². The quantitative estimate of drug-likeness (QED) is 0.0204. The van der Waals surface area contributed by atoms with E-state index in [1.165, 1.54) is 167 Å². The molecule has 0 aromatic carbocycles. The van der Waals surface area contributed by atoms with Crippen molar-refractivity contribution >= 4 is 5.91 Å². The molecule has 12 unspecified atom stereocenters. The number of rotatable bonds is 57. The first-order valence-electron chi connectivity index (χ1n) is 35.5. The van der Waals surface area contributed by atoms with Gasteiger partial charge in [-0.05, 0) is 83.5 Å². The van der Waals surface area contributed by atoms with Crippen molar-refractivity contribution in [3.63, 3.8) is 0 Å². The number of allylic oxidation sites excluding steroid dienone is 15. The maximum absolute atomic E-state index is 13.3. The fraction of sp³-hybridized carbons (Fsp3) is 0.770. The van der Waals surface area contributed by atoms with Crippen molar-refractivity contribution in [3.8, 4) is 0 Å². The van der Waals surface area contributed by atoms with Crippen molar-refractivity contribution in [1.29, 1.82) is 0 Å². The third-order valence-corrected chi connectivity index (χ3v) is 16.8. The van der Waals surface area contributed by atoms with Crippen LogP contribution in [0, 0.1) is 0 Å². The maximum atomic E-state index is 13.3. The van der Waals surface area contributed by atoms with Crippen LogP contribution in [0.1, 0.15) is 271 Å². The molecule has 508 valence electrons. The lowest BCUT2D eigenvalue weighted by Gasteiger charge is -2.46. The first-order chi connectivity index (χ1) is 43.1. The Morgan fingerprint density at radius 3 is 1.25 bits per heavy atom. The van der Waals surface area contributed by atoms with Crippen molar-refractivity contribution in [1.82, 2.24) is 5.32 Å². The Hall–Kier alpha value is -3.09. The Labute approximate surface area is 534 Å². The second-order valence-electron chi connectivity index (χ2n) is 24.6. The molecule has 0 radical (unpaired) electrons. The zero-order valence-electron chi connectivity index (χ0n) is 55.2. The average molecular weight is 1240 g/mol. The molecule has 0 bridgehead atoms. The molecule has 2 aliphatic heterocycles. The van der Waals surface area contributed by atoms with Gasteiger partial charge in [0.2, 0.25) is 5.91 Å². The van der Waals surface area contributed by atoms with Gasteiger partial charge in [-0.15, -0.1) is 0 Å². The van der Waals surface area contributed by atoms with Gasteiger partial charge in [-0.2, -0.15) is 0 Å². The van der Waals surface area contributed by atoms with Gasteiger partial charge in [-0.3, -0.25) is 4.79 Å². The van der Waals surface area contributed by atoms with Crippen LogP contribution in [0.3, 0.4) is 0 Å². The summed E-state index contributed by atoms with van der Waals surface area (Å²) in [5.41, 5.74) is 0. The van der Waals surface area contributed by atoms with Crippen LogP contribution in [0.4, 0.5) is 0 Å². The van der Waals surface area contributed by atoms with Crippen molar-refractivity contribution in [2.75, 3.05) is 19.8 Å². The molecule has 1 amide bonds. The number of nitrogens with one attached hydrogen (secondary N) is 1. The number of carbonyl (C=O) groups is 1. The lowest BCUT2D eigenvalue weighted by Crippen LogP contribution is -2.65. The molecule has 2 saturated heterocycles. The van der Waals surface area contributed by atoms with E-state index >= 15 is 0 Å². The Kier molecular flexibility index (Phi) is 53.2. The highest BCUT2D eigenvalue weighted by Gasteiger charge is 2.51. The lowest BCUT2D eigenvalue weighted by atomic mass is 9.97. The van der Waals surface area contributed by atoms with E-state index in [4.69, 9.17) is 18.9 Å². The first-order valence-corrected chi connectivity index (χ1v) is 35.5. The smallest absolute Gasteiger partial charge is 0.220 e. The molecule has 12 atom stereocenters. The number of hydrogen-bond donors (Lipinski definition) is 9. The van der Waals surface area contributed by atoms with Crippen LogP contribution in [-0.4, -0.2) is 140 Å². The van der Waals surface area contributed by atoms with E-state index in [1.807, 2.05) is 6.08 Å². The van der Waals surface area contributed by atoms with E-state index < -0.39 is 86.8 Å². The summed E-state index contributed by atoms with van der Waals surface area (Å²) in [6, 6.07) is -0.938. The monoisotopic (exact) mass is 1240 g/mol. The molecular weight excluding hydrogens is 1110 g/mol. The largest absolute Gasteiger partial charge is 0.394 e. The van der Waals surface area contributed by atoms with Gasteiger partial charge in [0, 0.05) is 6.42 Å². The van der Waals surface area contributed by atoms with Gasteiger partial charge in [0.15, 0.2) is 12.6 Å². The average Bonchev–Trinajstić information content (AvgIpc) is 2.07. The van der Waals surface area contributed by atoms with Crippen LogP contribution in [0.15, 0.2) is 97.2 Å². The van der Waals surface area contributed by atoms with E-state index in [0.29, 0.717) is 12.8 Å². The normalized spacial score (nSPS) is 23.8. The summed E-state index contributed by atoms with van der Waals surface area (Å²) in [7, 11) is 0. The van der Waals surface area contributed by atoms with Crippen LogP contribution in [0.25, 0.3) is 0 Å². The molecule has 2 fully saturated rings. The van der Waals surface area contributed by atoms with Gasteiger partial charge in [0.25, 0.3) is 0 Å². The summed E-state index contributed by atoms with van der Waals surface area (Å²) in [5, 5.41) is 87.4. The summed E-state index contributed by atoms with van der Waals surface area (Å²) in [6.07, 6.45) is 64.6. The number of hydrogen-bond acceptors (Lipinski definition) is 13. The fourth-order valence-corrected chi connectivity index (χ4v) is 11.1. The van der Waals surface area contributed by atoms with Gasteiger partial charge in [-0.1, -0.05) is 278 Å². The highest BCUT2D eigenvalue weighted by molar-refractivity contribution is 5.76. The number of unbranched alkanes of at least 4 members (excludes halogenated alkanes) is 30. The van der Waals surface area contributed by atoms with Gasteiger partial charge >= 0.3 is 0 Å². The minimum atomic E-state index is -1.79. The molecule has 0 spiro atoms. The molecule has 0 aromatic heterocycles. The Balaban J connectivity index is 1.67. The molecule has 0 aliphatic carbocycles. The Morgan fingerprint density at radius 1 is 0.420 bits per heavy atom. The molecule has 88 heavy (non-hydrogen) atoms. The van der Waals surface area contributed by atoms with E-state index in [2.05, 4.69) is 104 Å². The van der Waals surface area contributed by atoms with Crippen LogP contribution in [-0.2, 0) is 23.7 Å². The second-order valence-corrected chi connectivity index (χ2v) is 24.6. The minimum Gasteiger partial charge on any atom is -0.394 e. The molecule has 9 N–H and O–H groups in total. The van der Waals surface area contributed by atoms with Gasteiger partial charge in [0.1, 0.15) is 48.8 Å². The summed E-state index contributed by atoms with van der Waals surface area (Å²) in [6.45, 7) is 2.69. The zero-order chi connectivity index (χ0) is 63.8. The van der Waals surface area contributed by atoms with Gasteiger partial charge in [0.05, 0.1) is 32.0 Å². The Morgan fingerprint density at radius 2 is 0.795 bits per heavy atom. The second kappa shape index (κ2) is 57.8. The van der Waals surface area contributed by atoms with E-state index in [9.17, 15) is 45.6 Å². The zero-order valence-corrected chi connectivity index (χ0v) is 55.2. The van der Waals surface area contributed by atoms with Crippen molar-refractivity contribution in [2.45, 2.75) is 344 Å². The van der Waals surface area contributed by atoms with Crippen molar-refractivity contribution in [2.24, 2.45) is 0 Å². The van der Waals surface area contributed by atoms with E-state index in [1.54, 1.807) is 6.08 Å². The summed E-state index contributed by atoms with van der Waals surface area (Å²) in [4.78, 5) is 13.3. The Bertz CT molecular complexity index is 1850. The highest BCUT2D eigenvalue weighted by Crippen LogP contribution is 2.30. The highest BCUT2D eigenvalue weighted by atomic mass is 16.7. The third kappa shape index (κ3) is 41.4. The molecule has 14 heteroatoms. The maximum Gasteiger partial charge on any atom is 0.220 e. The topological polar surface area (TPSA) is 228 Å². The number of aliphatic hydroxyl groups excluding tert-OH is 8. The van der Waals surface area contributed by atoms with E-state index in [-0.39, 0.29) is 18.9 Å². The van der Waals surface area contributed by atoms with E-state index in [0.717, 1.165) is 70.6 Å². The molecule has 14 nitrogen and oxygen atoms in total. The molecular formula is C74H129NO13. The standard InChI is InChI=1S/C74H129NO13/c1-3-5-7-9-11-13-15-17-19-21-23-25-26-27-28-29-30-31-32-33-34-35-36-38-40-42-44-46-48-50-52-54-56-58-66(79)75-62(63(78)57-55-53-51-49-47-45-43-41-39-37-24-22-20-18-16-14-12-10-8-6-4-2)61-85-73-71(84)69(82)72(65(60-77)87-73)88-74-70(83)68(81)67(80)64(59-76)86-74/h5,7,11,13,17,19,23,25,27-28,30-31,47,49,55,57,62-65,67-74,76-78,80-84H,3-4,6,8-10,12,14-16,18,20-22,24,26,29,32-46,48,50-54,56,58-61H2,1-2H3,(H,75,79)/b7-5-,13-11-,19-17-,25-23-,28-27-,31-30-,49-47+,57-55+. The van der Waals surface area contributed by atoms with Gasteiger partial charge in [-0.25, -0.2) is 0 Å². The number of ether oxygens (including phenoxy) is 4. The molecule has 0 aromatic rings. The molecule has 2 aliphatic rings. The summed E-state index contributed by atoms with van der Waals surface area (Å²) in [5.74, 6) is -0.251. The van der Waals surface area contributed by atoms with Crippen molar-refractivity contribution < 1.29 is 64.6 Å². The predicted molar refractivity (Wildman–Crippen MR) is 359 cm³/mol. The van der Waals surface area contributed by atoms with Gasteiger partial charge < -0.3 is 65.1 Å². The third-order valence-electron chi connectivity index (χ3n) is 16.8. The number of carbonyl (C=O) groups excluding carboxylic acids is 1. The first kappa shape index (κ1) is 81.0.